The molecule has 0 spiro atoms. The van der Waals surface area contributed by atoms with Gasteiger partial charge in [0.15, 0.2) is 0 Å². The number of rotatable bonds is 2. The maximum Gasteiger partial charge on any atom is 0.367 e. The lowest BCUT2D eigenvalue weighted by Crippen LogP contribution is -2.37. The summed E-state index contributed by atoms with van der Waals surface area (Å²) in [7, 11) is 0. The minimum Gasteiger partial charge on any atom is -0.342 e. The Bertz CT molecular complexity index is 592. The van der Waals surface area contributed by atoms with Crippen LogP contribution in [0.2, 0.25) is 10.0 Å². The number of carbonyl (C=O) groups excluding carboxylic acids is 2. The summed E-state index contributed by atoms with van der Waals surface area (Å²) in [5.74, 6) is -0.586. The van der Waals surface area contributed by atoms with Gasteiger partial charge < -0.3 is 9.74 Å². The van der Waals surface area contributed by atoms with Crippen molar-refractivity contribution in [2.75, 3.05) is 13.1 Å². The molecule has 1 aliphatic rings. The lowest BCUT2D eigenvalue weighted by atomic mass is 10.1. The predicted octanol–water partition coefficient (Wildman–Crippen LogP) is 3.15. The highest BCUT2D eigenvalue weighted by molar-refractivity contribution is 6.36. The van der Waals surface area contributed by atoms with Crippen LogP contribution in [0, 0.1) is 0 Å². The van der Waals surface area contributed by atoms with Gasteiger partial charge in [0, 0.05) is 37.9 Å². The molecule has 2 rings (SSSR count). The molecule has 1 aromatic carbocycles. The Kier molecular flexibility index (Phi) is 5.20. The van der Waals surface area contributed by atoms with E-state index < -0.39 is 5.97 Å². The van der Waals surface area contributed by atoms with Crippen molar-refractivity contribution in [1.29, 1.82) is 0 Å². The van der Waals surface area contributed by atoms with Crippen LogP contribution in [0.1, 0.15) is 30.1 Å². The van der Waals surface area contributed by atoms with Crippen molar-refractivity contribution < 1.29 is 14.4 Å². The van der Waals surface area contributed by atoms with Crippen LogP contribution < -0.4 is 0 Å². The Morgan fingerprint density at radius 1 is 1.24 bits per heavy atom. The van der Waals surface area contributed by atoms with Gasteiger partial charge in [0.05, 0.1) is 16.3 Å². The summed E-state index contributed by atoms with van der Waals surface area (Å²) >= 11 is 11.7. The van der Waals surface area contributed by atoms with Gasteiger partial charge in [0.1, 0.15) is 0 Å². The molecule has 5 nitrogen and oxygen atoms in total. The van der Waals surface area contributed by atoms with Gasteiger partial charge in [0.2, 0.25) is 5.91 Å². The topological polar surface area (TPSA) is 59.0 Å². The first-order valence-corrected chi connectivity index (χ1v) is 7.20. The smallest absolute Gasteiger partial charge is 0.342 e. The summed E-state index contributed by atoms with van der Waals surface area (Å²) in [4.78, 5) is 29.7. The SMILES string of the molecule is CC(=O)N1CCC(=NOC(=O)c2ccc(Cl)cc2Cl)CC1. The number of amides is 1. The van der Waals surface area contributed by atoms with E-state index in [0.717, 1.165) is 5.71 Å². The minimum absolute atomic E-state index is 0.0407. The average Bonchev–Trinajstić information content (AvgIpc) is 2.45. The Morgan fingerprint density at radius 3 is 2.48 bits per heavy atom. The van der Waals surface area contributed by atoms with Crippen molar-refractivity contribution in [2.24, 2.45) is 5.16 Å². The molecule has 1 aromatic rings. The highest BCUT2D eigenvalue weighted by Crippen LogP contribution is 2.21. The van der Waals surface area contributed by atoms with Crippen molar-refractivity contribution in [1.82, 2.24) is 4.90 Å². The van der Waals surface area contributed by atoms with Crippen LogP contribution in [0.25, 0.3) is 0 Å². The highest BCUT2D eigenvalue weighted by Gasteiger charge is 2.18. The van der Waals surface area contributed by atoms with E-state index in [-0.39, 0.29) is 16.5 Å². The van der Waals surface area contributed by atoms with Gasteiger partial charge in [-0.15, -0.1) is 0 Å². The van der Waals surface area contributed by atoms with Gasteiger partial charge >= 0.3 is 5.97 Å². The van der Waals surface area contributed by atoms with Gasteiger partial charge in [0.25, 0.3) is 0 Å². The summed E-state index contributed by atoms with van der Waals surface area (Å²) in [6.45, 7) is 2.71. The molecule has 7 heteroatoms. The minimum atomic E-state index is -0.627. The van der Waals surface area contributed by atoms with Crippen LogP contribution in [-0.4, -0.2) is 35.6 Å². The largest absolute Gasteiger partial charge is 0.367 e. The van der Waals surface area contributed by atoms with E-state index in [0.29, 0.717) is 31.0 Å². The van der Waals surface area contributed by atoms with Gasteiger partial charge in [-0.3, -0.25) is 4.79 Å². The van der Waals surface area contributed by atoms with E-state index in [9.17, 15) is 9.59 Å². The van der Waals surface area contributed by atoms with Crippen LogP contribution >= 0.6 is 23.2 Å². The Morgan fingerprint density at radius 2 is 1.90 bits per heavy atom. The first-order valence-electron chi connectivity index (χ1n) is 6.45. The fraction of sp³-hybridized carbons (Fsp3) is 0.357. The van der Waals surface area contributed by atoms with E-state index in [1.807, 2.05) is 0 Å². The van der Waals surface area contributed by atoms with Gasteiger partial charge in [-0.05, 0) is 18.2 Å². The molecule has 1 aliphatic heterocycles. The molecule has 0 N–H and O–H groups in total. The monoisotopic (exact) mass is 328 g/mol. The molecule has 1 heterocycles. The molecule has 0 aromatic heterocycles. The van der Waals surface area contributed by atoms with Crippen LogP contribution in [0.5, 0.6) is 0 Å². The molecule has 21 heavy (non-hydrogen) atoms. The third kappa shape index (κ3) is 4.19. The molecule has 0 unspecified atom stereocenters. The maximum atomic E-state index is 11.9. The van der Waals surface area contributed by atoms with Gasteiger partial charge in [-0.1, -0.05) is 28.4 Å². The second-order valence-electron chi connectivity index (χ2n) is 4.67. The molecule has 0 aliphatic carbocycles. The van der Waals surface area contributed by atoms with E-state index in [4.69, 9.17) is 28.0 Å². The number of hydrogen-bond donors (Lipinski definition) is 0. The average molecular weight is 329 g/mol. The standard InChI is InChI=1S/C14H14Cl2N2O3/c1-9(19)18-6-4-11(5-7-18)17-21-14(20)12-3-2-10(15)8-13(12)16/h2-3,8H,4-7H2,1H3. The summed E-state index contributed by atoms with van der Waals surface area (Å²) in [5, 5.41) is 4.52. The quantitative estimate of drug-likeness (QED) is 0.619. The number of oxime groups is 1. The zero-order chi connectivity index (χ0) is 15.4. The molecular weight excluding hydrogens is 315 g/mol. The zero-order valence-corrected chi connectivity index (χ0v) is 12.9. The number of nitrogens with zero attached hydrogens (tertiary/aromatic N) is 2. The van der Waals surface area contributed by atoms with Crippen LogP contribution in [0.15, 0.2) is 23.4 Å². The number of piperidine rings is 1. The third-order valence-corrected chi connectivity index (χ3v) is 3.74. The Hall–Kier alpha value is -1.59. The molecule has 0 atom stereocenters. The normalized spacial score (nSPS) is 14.8. The van der Waals surface area contributed by atoms with Gasteiger partial charge in [-0.2, -0.15) is 0 Å². The van der Waals surface area contributed by atoms with Crippen molar-refractivity contribution in [3.05, 3.63) is 33.8 Å². The molecule has 0 saturated carbocycles. The molecule has 1 amide bonds. The fourth-order valence-electron chi connectivity index (χ4n) is 1.98. The first-order chi connectivity index (χ1) is 9.97. The van der Waals surface area contributed by atoms with Crippen molar-refractivity contribution in [2.45, 2.75) is 19.8 Å². The molecule has 0 radical (unpaired) electrons. The van der Waals surface area contributed by atoms with Crippen LogP contribution in [0.3, 0.4) is 0 Å². The fourth-order valence-corrected chi connectivity index (χ4v) is 2.47. The number of hydrogen-bond acceptors (Lipinski definition) is 4. The molecule has 1 saturated heterocycles. The highest BCUT2D eigenvalue weighted by atomic mass is 35.5. The molecule has 112 valence electrons. The van der Waals surface area contributed by atoms with E-state index >= 15 is 0 Å². The maximum absolute atomic E-state index is 11.9. The van der Waals surface area contributed by atoms with Crippen LogP contribution in [-0.2, 0) is 9.63 Å². The second-order valence-corrected chi connectivity index (χ2v) is 5.51. The van der Waals surface area contributed by atoms with Gasteiger partial charge in [-0.25, -0.2) is 4.79 Å². The van der Waals surface area contributed by atoms with Crippen LogP contribution in [0.4, 0.5) is 0 Å². The summed E-state index contributed by atoms with van der Waals surface area (Å²) in [6.07, 6.45) is 1.20. The van der Waals surface area contributed by atoms with Crippen molar-refractivity contribution in [3.8, 4) is 0 Å². The van der Waals surface area contributed by atoms with Crippen molar-refractivity contribution in [3.63, 3.8) is 0 Å². The predicted molar refractivity (Wildman–Crippen MR) is 80.8 cm³/mol. The zero-order valence-electron chi connectivity index (χ0n) is 11.4. The van der Waals surface area contributed by atoms with E-state index in [2.05, 4.69) is 5.16 Å². The Balaban J connectivity index is 1.95. The summed E-state index contributed by atoms with van der Waals surface area (Å²) in [6, 6.07) is 4.52. The summed E-state index contributed by atoms with van der Waals surface area (Å²) < 4.78 is 0. The number of halogens is 2. The van der Waals surface area contributed by atoms with E-state index in [1.54, 1.807) is 11.0 Å². The third-order valence-electron chi connectivity index (χ3n) is 3.19. The number of likely N-dealkylation sites (tertiary alicyclic amines) is 1. The van der Waals surface area contributed by atoms with E-state index in [1.165, 1.54) is 19.1 Å². The lowest BCUT2D eigenvalue weighted by molar-refractivity contribution is -0.128. The Labute approximate surface area is 132 Å². The van der Waals surface area contributed by atoms with Crippen molar-refractivity contribution >= 4 is 40.8 Å². The number of carbonyl (C=O) groups is 2. The first kappa shape index (κ1) is 15.8. The number of benzene rings is 1. The second kappa shape index (κ2) is 6.91. The lowest BCUT2D eigenvalue weighted by Gasteiger charge is -2.25. The molecule has 1 fully saturated rings. The molecule has 0 bridgehead atoms. The summed E-state index contributed by atoms with van der Waals surface area (Å²) in [5.41, 5.74) is 0.970. The molecular formula is C14H14Cl2N2O3.